The topological polar surface area (TPSA) is 71.1 Å². The average molecular weight is 350 g/mol. The maximum Gasteiger partial charge on any atom is 0.351 e. The van der Waals surface area contributed by atoms with Gasteiger partial charge in [0.2, 0.25) is 6.10 Å². The van der Waals surface area contributed by atoms with Gasteiger partial charge in [0, 0.05) is 20.0 Å². The van der Waals surface area contributed by atoms with Crippen molar-refractivity contribution >= 4 is 11.9 Å². The van der Waals surface area contributed by atoms with E-state index in [4.69, 9.17) is 14.2 Å². The second-order valence-electron chi connectivity index (χ2n) is 5.57. The van der Waals surface area contributed by atoms with Crippen molar-refractivity contribution in [3.8, 4) is 0 Å². The van der Waals surface area contributed by atoms with Crippen molar-refractivity contribution in [2.75, 3.05) is 20.8 Å². The molecule has 25 heavy (non-hydrogen) atoms. The third-order valence-electron chi connectivity index (χ3n) is 3.60. The number of rotatable bonds is 10. The molecule has 0 bridgehead atoms. The molecule has 0 aliphatic heterocycles. The Hall–Kier alpha value is -2.18. The highest BCUT2D eigenvalue weighted by Crippen LogP contribution is 2.12. The van der Waals surface area contributed by atoms with E-state index in [9.17, 15) is 9.59 Å². The van der Waals surface area contributed by atoms with Crippen LogP contribution in [-0.2, 0) is 35.1 Å². The second kappa shape index (κ2) is 11.4. The zero-order valence-electron chi connectivity index (χ0n) is 15.1. The third kappa shape index (κ3) is 7.96. The predicted octanol–water partition coefficient (Wildman–Crippen LogP) is 2.52. The monoisotopic (exact) mass is 350 g/mol. The minimum Gasteiger partial charge on any atom is -0.466 e. The van der Waals surface area contributed by atoms with Crippen LogP contribution in [0.4, 0.5) is 0 Å². The van der Waals surface area contributed by atoms with Gasteiger partial charge in [0.05, 0.1) is 26.4 Å². The van der Waals surface area contributed by atoms with Crippen LogP contribution < -0.4 is 0 Å². The summed E-state index contributed by atoms with van der Waals surface area (Å²) in [5, 5.41) is 0. The van der Waals surface area contributed by atoms with Crippen molar-refractivity contribution in [1.82, 2.24) is 0 Å². The number of hydrogen-bond donors (Lipinski definition) is 0. The highest BCUT2D eigenvalue weighted by atomic mass is 16.6. The van der Waals surface area contributed by atoms with Crippen molar-refractivity contribution in [2.24, 2.45) is 5.92 Å². The molecule has 0 aliphatic rings. The van der Waals surface area contributed by atoms with E-state index in [1.54, 1.807) is 13.2 Å². The molecule has 0 unspecified atom stereocenters. The Bertz CT molecular complexity index is 554. The fourth-order valence-electron chi connectivity index (χ4n) is 2.16. The minimum atomic E-state index is -1.06. The van der Waals surface area contributed by atoms with Crippen LogP contribution in [0.25, 0.3) is 0 Å². The van der Waals surface area contributed by atoms with Gasteiger partial charge in [0.15, 0.2) is 0 Å². The summed E-state index contributed by atoms with van der Waals surface area (Å²) in [5.41, 5.74) is 1.08. The second-order valence-corrected chi connectivity index (χ2v) is 5.57. The van der Waals surface area contributed by atoms with Crippen LogP contribution in [0.5, 0.6) is 0 Å². The Morgan fingerprint density at radius 1 is 1.12 bits per heavy atom. The van der Waals surface area contributed by atoms with E-state index in [-0.39, 0.29) is 12.0 Å². The molecule has 0 amide bonds. The Labute approximate surface area is 148 Å². The van der Waals surface area contributed by atoms with Gasteiger partial charge in [-0.1, -0.05) is 43.3 Å². The number of benzene rings is 1. The molecule has 6 nitrogen and oxygen atoms in total. The first-order chi connectivity index (χ1) is 12.0. The SMILES string of the molecule is COC(=O)[C@H](/C=C/[C@H](C)[C@H](COCc1ccccc1)OC)OC(C)=O. The molecule has 0 fully saturated rings. The zero-order chi connectivity index (χ0) is 18.7. The number of carbonyl (C=O) groups excluding carboxylic acids is 2. The number of carbonyl (C=O) groups is 2. The molecule has 0 heterocycles. The fraction of sp³-hybridized carbons (Fsp3) is 0.474. The van der Waals surface area contributed by atoms with E-state index in [1.165, 1.54) is 20.1 Å². The number of ether oxygens (including phenoxy) is 4. The third-order valence-corrected chi connectivity index (χ3v) is 3.60. The lowest BCUT2D eigenvalue weighted by Gasteiger charge is -2.20. The molecule has 0 aliphatic carbocycles. The normalized spacial score (nSPS) is 14.7. The zero-order valence-corrected chi connectivity index (χ0v) is 15.1. The van der Waals surface area contributed by atoms with Crippen LogP contribution in [-0.4, -0.2) is 45.0 Å². The maximum absolute atomic E-state index is 11.6. The first-order valence-electron chi connectivity index (χ1n) is 8.05. The quantitative estimate of drug-likeness (QED) is 0.477. The van der Waals surface area contributed by atoms with Crippen LogP contribution in [0.15, 0.2) is 42.5 Å². The van der Waals surface area contributed by atoms with Gasteiger partial charge in [0.25, 0.3) is 0 Å². The van der Waals surface area contributed by atoms with Gasteiger partial charge in [-0.05, 0) is 11.6 Å². The number of methoxy groups -OCH3 is 2. The lowest BCUT2D eigenvalue weighted by atomic mass is 10.0. The highest BCUT2D eigenvalue weighted by Gasteiger charge is 2.21. The largest absolute Gasteiger partial charge is 0.466 e. The molecule has 0 saturated carbocycles. The molecule has 138 valence electrons. The molecule has 3 atom stereocenters. The Morgan fingerprint density at radius 3 is 2.36 bits per heavy atom. The standard InChI is InChI=1S/C19H26O6/c1-14(10-11-17(19(21)23-4)25-15(2)20)18(22-3)13-24-12-16-8-6-5-7-9-16/h5-11,14,17-18H,12-13H2,1-4H3/b11-10+/t14-,17-,18-/m0/s1. The smallest absolute Gasteiger partial charge is 0.351 e. The van der Waals surface area contributed by atoms with E-state index >= 15 is 0 Å². The molecule has 1 rings (SSSR count). The fourth-order valence-corrected chi connectivity index (χ4v) is 2.16. The summed E-state index contributed by atoms with van der Waals surface area (Å²) in [6, 6.07) is 9.85. The van der Waals surface area contributed by atoms with E-state index in [2.05, 4.69) is 4.74 Å². The van der Waals surface area contributed by atoms with E-state index in [0.717, 1.165) is 5.56 Å². The van der Waals surface area contributed by atoms with Gasteiger partial charge in [-0.25, -0.2) is 4.79 Å². The maximum atomic E-state index is 11.6. The van der Waals surface area contributed by atoms with Crippen molar-refractivity contribution in [3.05, 3.63) is 48.0 Å². The van der Waals surface area contributed by atoms with Crippen LogP contribution in [0.3, 0.4) is 0 Å². The van der Waals surface area contributed by atoms with E-state index < -0.39 is 18.0 Å². The van der Waals surface area contributed by atoms with Gasteiger partial charge >= 0.3 is 11.9 Å². The summed E-state index contributed by atoms with van der Waals surface area (Å²) in [6.07, 6.45) is 1.99. The van der Waals surface area contributed by atoms with Gasteiger partial charge in [-0.15, -0.1) is 0 Å². The Balaban J connectivity index is 2.56. The summed E-state index contributed by atoms with van der Waals surface area (Å²) >= 11 is 0. The summed E-state index contributed by atoms with van der Waals surface area (Å²) in [6.45, 7) is 4.06. The summed E-state index contributed by atoms with van der Waals surface area (Å²) in [4.78, 5) is 22.7. The van der Waals surface area contributed by atoms with Crippen molar-refractivity contribution in [2.45, 2.75) is 32.7 Å². The molecule has 1 aromatic rings. The summed E-state index contributed by atoms with van der Waals surface area (Å²) in [7, 11) is 2.84. The lowest BCUT2D eigenvalue weighted by Crippen LogP contribution is -2.28. The molecule has 0 spiro atoms. The molecular formula is C19H26O6. The Morgan fingerprint density at radius 2 is 1.80 bits per heavy atom. The molecular weight excluding hydrogens is 324 g/mol. The number of hydrogen-bond acceptors (Lipinski definition) is 6. The molecule has 0 saturated heterocycles. The van der Waals surface area contributed by atoms with Crippen molar-refractivity contribution in [1.29, 1.82) is 0 Å². The van der Waals surface area contributed by atoms with Gasteiger partial charge in [0.1, 0.15) is 0 Å². The molecule has 0 radical (unpaired) electrons. The minimum absolute atomic E-state index is 0.0523. The lowest BCUT2D eigenvalue weighted by molar-refractivity contribution is -0.161. The van der Waals surface area contributed by atoms with E-state index in [1.807, 2.05) is 37.3 Å². The van der Waals surface area contributed by atoms with Crippen LogP contribution in [0.1, 0.15) is 19.4 Å². The first-order valence-corrected chi connectivity index (χ1v) is 8.05. The molecule has 0 N–H and O–H groups in total. The average Bonchev–Trinajstić information content (AvgIpc) is 2.61. The van der Waals surface area contributed by atoms with Crippen LogP contribution in [0.2, 0.25) is 0 Å². The van der Waals surface area contributed by atoms with Crippen LogP contribution in [0, 0.1) is 5.92 Å². The molecule has 0 aromatic heterocycles. The first kappa shape index (κ1) is 20.9. The predicted molar refractivity (Wildman–Crippen MR) is 92.8 cm³/mol. The van der Waals surface area contributed by atoms with Crippen LogP contribution >= 0.6 is 0 Å². The van der Waals surface area contributed by atoms with Gasteiger partial charge < -0.3 is 18.9 Å². The van der Waals surface area contributed by atoms with Crippen molar-refractivity contribution in [3.63, 3.8) is 0 Å². The molecule has 1 aromatic carbocycles. The van der Waals surface area contributed by atoms with Crippen molar-refractivity contribution < 1.29 is 28.5 Å². The van der Waals surface area contributed by atoms with Gasteiger partial charge in [-0.2, -0.15) is 0 Å². The van der Waals surface area contributed by atoms with E-state index in [0.29, 0.717) is 13.2 Å². The summed E-state index contributed by atoms with van der Waals surface area (Å²) < 4.78 is 20.7. The summed E-state index contributed by atoms with van der Waals surface area (Å²) in [5.74, 6) is -1.24. The molecule has 6 heteroatoms. The highest BCUT2D eigenvalue weighted by molar-refractivity contribution is 5.80. The van der Waals surface area contributed by atoms with Gasteiger partial charge in [-0.3, -0.25) is 4.79 Å². The number of esters is 2. The Kier molecular flexibility index (Phi) is 9.50.